The number of halogens is 1. The number of fused-ring (bicyclic) bond motifs is 1. The molecule has 0 saturated heterocycles. The van der Waals surface area contributed by atoms with E-state index in [0.29, 0.717) is 11.6 Å². The SMILES string of the molecule is N[C@H](CCO)c1cc2ccccc2nc1Cl. The Hall–Kier alpha value is -1.16. The smallest absolute Gasteiger partial charge is 0.134 e. The number of aromatic nitrogens is 1. The summed E-state index contributed by atoms with van der Waals surface area (Å²) in [5, 5.41) is 10.3. The lowest BCUT2D eigenvalue weighted by molar-refractivity contribution is 0.276. The number of nitrogens with zero attached hydrogens (tertiary/aromatic N) is 1. The topological polar surface area (TPSA) is 59.1 Å². The van der Waals surface area contributed by atoms with Crippen molar-refractivity contribution in [2.75, 3.05) is 6.61 Å². The fourth-order valence-electron chi connectivity index (χ4n) is 1.66. The number of rotatable bonds is 3. The van der Waals surface area contributed by atoms with E-state index in [0.717, 1.165) is 16.5 Å². The Morgan fingerprint density at radius 1 is 1.38 bits per heavy atom. The molecule has 0 aliphatic rings. The van der Waals surface area contributed by atoms with Gasteiger partial charge in [-0.1, -0.05) is 29.8 Å². The van der Waals surface area contributed by atoms with Crippen LogP contribution in [0.25, 0.3) is 10.9 Å². The van der Waals surface area contributed by atoms with Gasteiger partial charge in [0.05, 0.1) is 5.52 Å². The van der Waals surface area contributed by atoms with E-state index in [-0.39, 0.29) is 12.6 Å². The summed E-state index contributed by atoms with van der Waals surface area (Å²) >= 11 is 6.06. The van der Waals surface area contributed by atoms with Crippen LogP contribution in [0.15, 0.2) is 30.3 Å². The fourth-order valence-corrected chi connectivity index (χ4v) is 1.95. The van der Waals surface area contributed by atoms with Crippen LogP contribution in [-0.4, -0.2) is 16.7 Å². The van der Waals surface area contributed by atoms with Gasteiger partial charge in [-0.15, -0.1) is 0 Å². The van der Waals surface area contributed by atoms with E-state index in [1.165, 1.54) is 0 Å². The summed E-state index contributed by atoms with van der Waals surface area (Å²) < 4.78 is 0. The number of pyridine rings is 1. The maximum atomic E-state index is 8.86. The van der Waals surface area contributed by atoms with Crippen LogP contribution in [0.3, 0.4) is 0 Å². The second kappa shape index (κ2) is 4.78. The average molecular weight is 237 g/mol. The van der Waals surface area contributed by atoms with Crippen molar-refractivity contribution in [3.05, 3.63) is 41.0 Å². The van der Waals surface area contributed by atoms with Crippen LogP contribution >= 0.6 is 11.6 Å². The number of para-hydroxylation sites is 1. The van der Waals surface area contributed by atoms with Gasteiger partial charge in [-0.25, -0.2) is 4.98 Å². The maximum Gasteiger partial charge on any atom is 0.134 e. The fraction of sp³-hybridized carbons (Fsp3) is 0.250. The Morgan fingerprint density at radius 2 is 2.12 bits per heavy atom. The standard InChI is InChI=1S/C12H13ClN2O/c13-12-9(10(14)5-6-16)7-8-3-1-2-4-11(8)15-12/h1-4,7,10,16H,5-6,14H2/t10-/m1/s1. The van der Waals surface area contributed by atoms with Gasteiger partial charge in [0, 0.05) is 23.6 Å². The molecule has 0 bridgehead atoms. The summed E-state index contributed by atoms with van der Waals surface area (Å²) in [4.78, 5) is 4.28. The minimum Gasteiger partial charge on any atom is -0.396 e. The molecule has 1 heterocycles. The zero-order chi connectivity index (χ0) is 11.5. The molecule has 2 rings (SSSR count). The third-order valence-corrected chi connectivity index (χ3v) is 2.85. The van der Waals surface area contributed by atoms with Crippen molar-refractivity contribution < 1.29 is 5.11 Å². The summed E-state index contributed by atoms with van der Waals surface area (Å²) in [7, 11) is 0. The van der Waals surface area contributed by atoms with Gasteiger partial charge in [0.15, 0.2) is 0 Å². The minimum absolute atomic E-state index is 0.0460. The maximum absolute atomic E-state index is 8.86. The number of hydrogen-bond acceptors (Lipinski definition) is 3. The van der Waals surface area contributed by atoms with Crippen molar-refractivity contribution >= 4 is 22.5 Å². The van der Waals surface area contributed by atoms with Gasteiger partial charge in [-0.2, -0.15) is 0 Å². The summed E-state index contributed by atoms with van der Waals surface area (Å²) in [6, 6.07) is 9.40. The summed E-state index contributed by atoms with van der Waals surface area (Å²) in [5.41, 5.74) is 7.55. The molecule has 0 amide bonds. The molecule has 1 aromatic heterocycles. The normalized spacial score (nSPS) is 12.9. The number of aliphatic hydroxyl groups is 1. The number of benzene rings is 1. The summed E-state index contributed by atoms with van der Waals surface area (Å²) in [5.74, 6) is 0. The molecule has 0 aliphatic heterocycles. The van der Waals surface area contributed by atoms with Gasteiger partial charge in [-0.05, 0) is 18.6 Å². The highest BCUT2D eigenvalue weighted by Gasteiger charge is 2.11. The largest absolute Gasteiger partial charge is 0.396 e. The molecule has 0 radical (unpaired) electrons. The Morgan fingerprint density at radius 3 is 2.88 bits per heavy atom. The van der Waals surface area contributed by atoms with E-state index < -0.39 is 0 Å². The first-order valence-corrected chi connectivity index (χ1v) is 5.52. The van der Waals surface area contributed by atoms with E-state index in [1.54, 1.807) is 0 Å². The molecular formula is C12H13ClN2O. The van der Waals surface area contributed by atoms with Gasteiger partial charge in [0.1, 0.15) is 5.15 Å². The van der Waals surface area contributed by atoms with Crippen LogP contribution in [0, 0.1) is 0 Å². The number of aliphatic hydroxyl groups excluding tert-OH is 1. The molecule has 1 atom stereocenters. The van der Waals surface area contributed by atoms with Gasteiger partial charge in [-0.3, -0.25) is 0 Å². The Kier molecular flexibility index (Phi) is 3.39. The first-order valence-electron chi connectivity index (χ1n) is 5.14. The van der Waals surface area contributed by atoms with Crippen molar-refractivity contribution in [2.45, 2.75) is 12.5 Å². The number of nitrogens with two attached hydrogens (primary N) is 1. The third-order valence-electron chi connectivity index (χ3n) is 2.54. The molecule has 0 unspecified atom stereocenters. The predicted octanol–water partition coefficient (Wildman–Crippen LogP) is 2.27. The first-order chi connectivity index (χ1) is 7.72. The Labute approximate surface area is 98.9 Å². The Balaban J connectivity index is 2.49. The molecule has 2 aromatic rings. The lowest BCUT2D eigenvalue weighted by Gasteiger charge is -2.12. The first kappa shape index (κ1) is 11.3. The third kappa shape index (κ3) is 2.16. The summed E-state index contributed by atoms with van der Waals surface area (Å²) in [6.45, 7) is 0.0460. The van der Waals surface area contributed by atoms with Crippen molar-refractivity contribution in [3.8, 4) is 0 Å². The van der Waals surface area contributed by atoms with Crippen molar-refractivity contribution in [1.29, 1.82) is 0 Å². The quantitative estimate of drug-likeness (QED) is 0.804. The predicted molar refractivity (Wildman–Crippen MR) is 65.4 cm³/mol. The van der Waals surface area contributed by atoms with Gasteiger partial charge in [0.25, 0.3) is 0 Å². The zero-order valence-corrected chi connectivity index (χ0v) is 9.48. The molecule has 16 heavy (non-hydrogen) atoms. The lowest BCUT2D eigenvalue weighted by Crippen LogP contribution is -2.13. The lowest BCUT2D eigenvalue weighted by atomic mass is 10.0. The van der Waals surface area contributed by atoms with E-state index >= 15 is 0 Å². The van der Waals surface area contributed by atoms with Crippen molar-refractivity contribution in [3.63, 3.8) is 0 Å². The molecule has 0 spiro atoms. The van der Waals surface area contributed by atoms with Crippen LogP contribution in [0.2, 0.25) is 5.15 Å². The molecule has 3 nitrogen and oxygen atoms in total. The minimum atomic E-state index is -0.269. The van der Waals surface area contributed by atoms with Crippen LogP contribution in [0.4, 0.5) is 0 Å². The molecule has 4 heteroatoms. The van der Waals surface area contributed by atoms with Gasteiger partial charge in [0.2, 0.25) is 0 Å². The Bertz CT molecular complexity index is 501. The van der Waals surface area contributed by atoms with Gasteiger partial charge >= 0.3 is 0 Å². The molecule has 0 aliphatic carbocycles. The molecule has 3 N–H and O–H groups in total. The van der Waals surface area contributed by atoms with Crippen LogP contribution < -0.4 is 5.73 Å². The molecule has 0 saturated carbocycles. The molecule has 0 fully saturated rings. The highest BCUT2D eigenvalue weighted by atomic mass is 35.5. The second-order valence-corrected chi connectivity index (χ2v) is 4.04. The average Bonchev–Trinajstić information content (AvgIpc) is 2.28. The zero-order valence-electron chi connectivity index (χ0n) is 8.73. The van der Waals surface area contributed by atoms with Crippen LogP contribution in [0.1, 0.15) is 18.0 Å². The molecule has 1 aromatic carbocycles. The van der Waals surface area contributed by atoms with Crippen molar-refractivity contribution in [1.82, 2.24) is 4.98 Å². The van der Waals surface area contributed by atoms with Crippen molar-refractivity contribution in [2.24, 2.45) is 5.73 Å². The van der Waals surface area contributed by atoms with Crippen LogP contribution in [0.5, 0.6) is 0 Å². The van der Waals surface area contributed by atoms with E-state index in [9.17, 15) is 0 Å². The van der Waals surface area contributed by atoms with Crippen LogP contribution in [-0.2, 0) is 0 Å². The van der Waals surface area contributed by atoms with E-state index in [1.807, 2.05) is 30.3 Å². The summed E-state index contributed by atoms with van der Waals surface area (Å²) in [6.07, 6.45) is 0.486. The highest BCUT2D eigenvalue weighted by molar-refractivity contribution is 6.30. The van der Waals surface area contributed by atoms with E-state index in [2.05, 4.69) is 4.98 Å². The molecular weight excluding hydrogens is 224 g/mol. The monoisotopic (exact) mass is 236 g/mol. The van der Waals surface area contributed by atoms with E-state index in [4.69, 9.17) is 22.4 Å². The molecule has 84 valence electrons. The number of hydrogen-bond donors (Lipinski definition) is 2. The second-order valence-electron chi connectivity index (χ2n) is 3.68. The highest BCUT2D eigenvalue weighted by Crippen LogP contribution is 2.25. The van der Waals surface area contributed by atoms with Gasteiger partial charge < -0.3 is 10.8 Å².